The van der Waals surface area contributed by atoms with E-state index in [0.717, 1.165) is 6.07 Å². The molecule has 0 radical (unpaired) electrons. The Balaban J connectivity index is 1.56. The van der Waals surface area contributed by atoms with E-state index in [9.17, 15) is 22.0 Å². The molecule has 0 aliphatic rings. The quantitative estimate of drug-likeness (QED) is 0.540. The van der Waals surface area contributed by atoms with E-state index in [0.29, 0.717) is 11.6 Å². The average Bonchev–Trinajstić information content (AvgIpc) is 3.26. The van der Waals surface area contributed by atoms with Crippen LogP contribution in [0.3, 0.4) is 0 Å². The highest BCUT2D eigenvalue weighted by Crippen LogP contribution is 2.22. The van der Waals surface area contributed by atoms with Crippen LogP contribution in [0.25, 0.3) is 5.82 Å². The molecule has 0 atom stereocenters. The van der Waals surface area contributed by atoms with Gasteiger partial charge in [0.1, 0.15) is 5.82 Å². The number of rotatable bonds is 8. The molecule has 8 nitrogen and oxygen atoms in total. The van der Waals surface area contributed by atoms with E-state index < -0.39 is 26.4 Å². The molecular formula is C18H17F2N5O3S. The van der Waals surface area contributed by atoms with Gasteiger partial charge in [0, 0.05) is 25.5 Å². The lowest BCUT2D eigenvalue weighted by molar-refractivity contribution is 0.0951. The summed E-state index contributed by atoms with van der Waals surface area (Å²) in [6, 6.07) is 12.1. The van der Waals surface area contributed by atoms with E-state index in [-0.39, 0.29) is 18.7 Å². The second-order valence-electron chi connectivity index (χ2n) is 5.85. The number of carbonyl (C=O) groups excluding carboxylic acids is 1. The monoisotopic (exact) mass is 421 g/mol. The second kappa shape index (κ2) is 8.78. The Morgan fingerprint density at radius 2 is 1.72 bits per heavy atom. The smallest absolute Gasteiger partial charge is 0.341 e. The van der Waals surface area contributed by atoms with Crippen molar-refractivity contribution in [2.24, 2.45) is 0 Å². The number of aromatic nitrogens is 3. The Bertz CT molecular complexity index is 1070. The molecule has 29 heavy (non-hydrogen) atoms. The molecule has 1 amide bonds. The molecule has 2 aromatic heterocycles. The summed E-state index contributed by atoms with van der Waals surface area (Å²) in [5.74, 6) is -3.24. The fourth-order valence-corrected chi connectivity index (χ4v) is 3.43. The molecule has 1 aromatic carbocycles. The van der Waals surface area contributed by atoms with Crippen LogP contribution in [0, 0.1) is 0 Å². The number of nitrogens with zero attached hydrogens (tertiary/aromatic N) is 3. The predicted octanol–water partition coefficient (Wildman–Crippen LogP) is 2.11. The van der Waals surface area contributed by atoms with Crippen molar-refractivity contribution in [3.63, 3.8) is 0 Å². The van der Waals surface area contributed by atoms with Crippen molar-refractivity contribution < 1.29 is 22.0 Å². The number of anilines is 1. The summed E-state index contributed by atoms with van der Waals surface area (Å²) in [5.41, 5.74) is -0.330. The number of alkyl halides is 2. The number of halogens is 2. The van der Waals surface area contributed by atoms with Crippen molar-refractivity contribution in [2.75, 3.05) is 18.4 Å². The molecular weight excluding hydrogens is 404 g/mol. The summed E-state index contributed by atoms with van der Waals surface area (Å²) in [6.45, 7) is 0.385. The summed E-state index contributed by atoms with van der Waals surface area (Å²) < 4.78 is 50.9. The van der Waals surface area contributed by atoms with Gasteiger partial charge in [0.25, 0.3) is 5.91 Å². The number of hydrogen-bond donors (Lipinski definition) is 2. The Kier molecular flexibility index (Phi) is 6.17. The molecule has 0 spiro atoms. The summed E-state index contributed by atoms with van der Waals surface area (Å²) in [4.78, 5) is 11.5. The zero-order valence-electron chi connectivity index (χ0n) is 15.0. The number of hydrogen-bond acceptors (Lipinski definition) is 6. The lowest BCUT2D eigenvalue weighted by Crippen LogP contribution is -2.30. The van der Waals surface area contributed by atoms with Crippen LogP contribution < -0.4 is 10.6 Å². The first kappa shape index (κ1) is 20.4. The van der Waals surface area contributed by atoms with Gasteiger partial charge < -0.3 is 15.2 Å². The Morgan fingerprint density at radius 3 is 2.38 bits per heavy atom. The van der Waals surface area contributed by atoms with Crippen molar-refractivity contribution in [1.82, 2.24) is 20.1 Å². The predicted molar refractivity (Wildman–Crippen MR) is 102 cm³/mol. The molecule has 3 rings (SSSR count). The van der Waals surface area contributed by atoms with Crippen LogP contribution in [-0.2, 0) is 9.84 Å². The maximum atomic E-state index is 12.8. The minimum Gasteiger partial charge on any atom is -0.367 e. The van der Waals surface area contributed by atoms with Crippen molar-refractivity contribution in [2.45, 2.75) is 10.7 Å². The minimum absolute atomic E-state index is 0.114. The SMILES string of the molecule is O=C(NCCNc1ccc(-n2cccc2)nn1)c1ccccc1S(=O)(=O)C(F)F. The lowest BCUT2D eigenvalue weighted by Gasteiger charge is -2.11. The van der Waals surface area contributed by atoms with E-state index in [1.165, 1.54) is 18.2 Å². The molecule has 11 heteroatoms. The molecule has 0 bridgehead atoms. The van der Waals surface area contributed by atoms with Gasteiger partial charge in [-0.3, -0.25) is 4.79 Å². The third-order valence-corrected chi connectivity index (χ3v) is 5.35. The van der Waals surface area contributed by atoms with Crippen LogP contribution >= 0.6 is 0 Å². The normalized spacial score (nSPS) is 11.4. The summed E-state index contributed by atoms with van der Waals surface area (Å²) in [5, 5.41) is 13.5. The van der Waals surface area contributed by atoms with E-state index >= 15 is 0 Å². The van der Waals surface area contributed by atoms with Gasteiger partial charge in [-0.05, 0) is 36.4 Å². The molecule has 152 valence electrons. The van der Waals surface area contributed by atoms with Gasteiger partial charge in [0.05, 0.1) is 10.5 Å². The van der Waals surface area contributed by atoms with Crippen molar-refractivity contribution in [3.8, 4) is 5.82 Å². The highest BCUT2D eigenvalue weighted by Gasteiger charge is 2.30. The molecule has 0 aliphatic carbocycles. The highest BCUT2D eigenvalue weighted by molar-refractivity contribution is 7.91. The van der Waals surface area contributed by atoms with Gasteiger partial charge in [-0.25, -0.2) is 8.42 Å². The average molecular weight is 421 g/mol. The van der Waals surface area contributed by atoms with Crippen LogP contribution in [0.15, 0.2) is 65.8 Å². The first-order valence-corrected chi connectivity index (χ1v) is 10.0. The number of sulfone groups is 1. The fourth-order valence-electron chi connectivity index (χ4n) is 2.50. The first-order valence-electron chi connectivity index (χ1n) is 8.50. The molecule has 0 unspecified atom stereocenters. The second-order valence-corrected chi connectivity index (χ2v) is 7.74. The molecule has 0 saturated carbocycles. The topological polar surface area (TPSA) is 106 Å². The van der Waals surface area contributed by atoms with Crippen molar-refractivity contribution in [3.05, 3.63) is 66.5 Å². The fraction of sp³-hybridized carbons (Fsp3) is 0.167. The molecule has 0 saturated heterocycles. The van der Waals surface area contributed by atoms with Gasteiger partial charge in [-0.15, -0.1) is 10.2 Å². The summed E-state index contributed by atoms with van der Waals surface area (Å²) in [6.07, 6.45) is 3.66. The van der Waals surface area contributed by atoms with E-state index in [4.69, 9.17) is 0 Å². The minimum atomic E-state index is -4.88. The van der Waals surface area contributed by atoms with E-state index in [1.54, 1.807) is 16.7 Å². The largest absolute Gasteiger partial charge is 0.367 e. The van der Waals surface area contributed by atoms with Crippen molar-refractivity contribution in [1.29, 1.82) is 0 Å². The number of amides is 1. The van der Waals surface area contributed by atoms with E-state index in [1.807, 2.05) is 24.5 Å². The summed E-state index contributed by atoms with van der Waals surface area (Å²) >= 11 is 0. The lowest BCUT2D eigenvalue weighted by atomic mass is 10.2. The van der Waals surface area contributed by atoms with E-state index in [2.05, 4.69) is 20.8 Å². The molecule has 2 heterocycles. The number of carbonyl (C=O) groups is 1. The Morgan fingerprint density at radius 1 is 1.00 bits per heavy atom. The maximum absolute atomic E-state index is 12.8. The van der Waals surface area contributed by atoms with Crippen molar-refractivity contribution >= 4 is 21.6 Å². The van der Waals surface area contributed by atoms with Gasteiger partial charge in [0.15, 0.2) is 5.82 Å². The third kappa shape index (κ3) is 4.74. The standard InChI is InChI=1S/C18H17F2N5O3S/c19-18(20)29(27,28)14-6-2-1-5-13(14)17(26)22-10-9-21-15-7-8-16(24-23-15)25-11-3-4-12-25/h1-8,11-12,18H,9-10H2,(H,21,23)(H,22,26). The first-order chi connectivity index (χ1) is 13.9. The third-order valence-electron chi connectivity index (χ3n) is 3.91. The molecule has 0 fully saturated rings. The Hall–Kier alpha value is -3.34. The molecule has 3 aromatic rings. The zero-order valence-corrected chi connectivity index (χ0v) is 15.8. The van der Waals surface area contributed by atoms with Crippen LogP contribution in [0.2, 0.25) is 0 Å². The number of nitrogens with one attached hydrogen (secondary N) is 2. The number of benzene rings is 1. The maximum Gasteiger partial charge on any atom is 0.341 e. The highest BCUT2D eigenvalue weighted by atomic mass is 32.2. The van der Waals surface area contributed by atoms with Crippen LogP contribution in [0.4, 0.5) is 14.6 Å². The van der Waals surface area contributed by atoms with Crippen LogP contribution in [0.5, 0.6) is 0 Å². The Labute approximate surface area is 165 Å². The van der Waals surface area contributed by atoms with Gasteiger partial charge in [0.2, 0.25) is 9.84 Å². The zero-order chi connectivity index (χ0) is 20.9. The van der Waals surface area contributed by atoms with Gasteiger partial charge in [-0.2, -0.15) is 8.78 Å². The van der Waals surface area contributed by atoms with Gasteiger partial charge in [-0.1, -0.05) is 12.1 Å². The summed E-state index contributed by atoms with van der Waals surface area (Å²) in [7, 11) is -4.88. The molecule has 0 aliphatic heterocycles. The molecule has 2 N–H and O–H groups in total. The van der Waals surface area contributed by atoms with Gasteiger partial charge >= 0.3 is 5.76 Å². The van der Waals surface area contributed by atoms with Crippen LogP contribution in [-0.4, -0.2) is 47.9 Å². The van der Waals surface area contributed by atoms with Crippen LogP contribution in [0.1, 0.15) is 10.4 Å².